The van der Waals surface area contributed by atoms with Crippen molar-refractivity contribution in [3.8, 4) is 5.75 Å². The Labute approximate surface area is 238 Å². The van der Waals surface area contributed by atoms with Crippen LogP contribution in [0.25, 0.3) is 0 Å². The number of rotatable bonds is 8. The molecule has 0 heterocycles. The second-order valence-electron chi connectivity index (χ2n) is 16.5. The lowest BCUT2D eigenvalue weighted by Crippen LogP contribution is -2.51. The van der Waals surface area contributed by atoms with Crippen LogP contribution in [0, 0.1) is 17.3 Å². The largest absolute Gasteiger partial charge is 0.544 e. The predicted octanol–water partition coefficient (Wildman–Crippen LogP) is 9.16. The molecule has 1 aromatic carbocycles. The molecule has 0 aromatic heterocycles. The summed E-state index contributed by atoms with van der Waals surface area (Å²) >= 11 is 0. The van der Waals surface area contributed by atoms with Gasteiger partial charge in [0.15, 0.2) is 25.0 Å². The highest BCUT2D eigenvalue weighted by Crippen LogP contribution is 2.64. The molecule has 0 unspecified atom stereocenters. The molecule has 0 amide bonds. The number of benzene rings is 1. The van der Waals surface area contributed by atoms with Gasteiger partial charge in [-0.15, -0.1) is 0 Å². The molecular weight excluding hydrogens is 537 g/mol. The molecule has 2 saturated carbocycles. The van der Waals surface area contributed by atoms with Crippen molar-refractivity contribution in [3.05, 3.63) is 29.3 Å². The maximum absolute atomic E-state index is 7.05. The summed E-state index contributed by atoms with van der Waals surface area (Å²) in [6, 6.07) is 6.97. The Hall–Kier alpha value is -0.232. The van der Waals surface area contributed by atoms with Crippen molar-refractivity contribution in [1.29, 1.82) is 0 Å². The average Bonchev–Trinajstić information content (AvgIpc) is 2.95. The molecule has 0 bridgehead atoms. The van der Waals surface area contributed by atoms with Crippen molar-refractivity contribution >= 4 is 33.3 Å². The summed E-state index contributed by atoms with van der Waals surface area (Å²) in [7, 11) is -6.86. The Morgan fingerprint density at radius 1 is 0.711 bits per heavy atom. The van der Waals surface area contributed by atoms with E-state index in [2.05, 4.69) is 104 Å². The van der Waals surface area contributed by atoms with Crippen LogP contribution in [-0.2, 0) is 13.3 Å². The lowest BCUT2D eigenvalue weighted by atomic mass is 9.55. The third-order valence-corrected chi connectivity index (χ3v) is 12.4. The Morgan fingerprint density at radius 2 is 1.32 bits per heavy atom. The van der Waals surface area contributed by atoms with Gasteiger partial charge in [0.1, 0.15) is 5.75 Å². The zero-order chi connectivity index (χ0) is 28.5. The van der Waals surface area contributed by atoms with Crippen LogP contribution in [0.1, 0.15) is 55.8 Å². The first-order valence-corrected chi connectivity index (χ1v) is 28.6. The minimum atomic E-state index is -1.75. The van der Waals surface area contributed by atoms with Crippen LogP contribution >= 0.6 is 0 Å². The minimum Gasteiger partial charge on any atom is -0.544 e. The van der Waals surface area contributed by atoms with Crippen LogP contribution in [0.4, 0.5) is 0 Å². The second-order valence-corrected chi connectivity index (χ2v) is 34.3. The summed E-state index contributed by atoms with van der Waals surface area (Å²) in [5.41, 5.74) is 3.08. The molecule has 0 N–H and O–H groups in total. The van der Waals surface area contributed by atoms with Gasteiger partial charge in [0.2, 0.25) is 8.32 Å². The maximum atomic E-state index is 7.05. The Balaban J connectivity index is 1.73. The first-order valence-electron chi connectivity index (χ1n) is 15.0. The van der Waals surface area contributed by atoms with E-state index in [1.54, 1.807) is 0 Å². The maximum Gasteiger partial charge on any atom is 0.242 e. The lowest BCUT2D eigenvalue weighted by molar-refractivity contribution is -0.0444. The molecule has 2 fully saturated rings. The van der Waals surface area contributed by atoms with Crippen LogP contribution < -0.4 is 4.43 Å². The highest BCUT2D eigenvalue weighted by molar-refractivity contribution is 6.71. The van der Waals surface area contributed by atoms with Gasteiger partial charge in [-0.2, -0.15) is 0 Å². The summed E-state index contributed by atoms with van der Waals surface area (Å²) in [5.74, 6) is 2.82. The summed E-state index contributed by atoms with van der Waals surface area (Å²) in [4.78, 5) is 0. The standard InChI is InChI=1S/C30H56O4Si4/c1-30-17-16-23-22-15-14-21(31-35(2,3)4)18-25(22)27(32-36(5,6)7)19-24(23)26(30)20-28(33-37(8,9)10)29(30)34-38(11,12)13/h14-15,18,23-24,26-29H,16-17,19-20H2,1-13H3/t23-,24-,26+,27+,28-,29+,30+/m1/s1. The molecule has 38 heavy (non-hydrogen) atoms. The highest BCUT2D eigenvalue weighted by Gasteiger charge is 2.61. The number of fused-ring (bicyclic) bond motifs is 5. The van der Waals surface area contributed by atoms with E-state index in [0.717, 1.165) is 18.6 Å². The third kappa shape index (κ3) is 6.97. The van der Waals surface area contributed by atoms with E-state index in [9.17, 15) is 0 Å². The fourth-order valence-electron chi connectivity index (χ4n) is 7.60. The van der Waals surface area contributed by atoms with E-state index in [1.807, 2.05) is 0 Å². The Morgan fingerprint density at radius 3 is 1.87 bits per heavy atom. The fraction of sp³-hybridized carbons (Fsp3) is 0.800. The lowest BCUT2D eigenvalue weighted by Gasteiger charge is -2.53. The summed E-state index contributed by atoms with van der Waals surface area (Å²) in [6.07, 6.45) is 5.25. The van der Waals surface area contributed by atoms with Crippen LogP contribution in [0.15, 0.2) is 18.2 Å². The van der Waals surface area contributed by atoms with Crippen LogP contribution in [0.3, 0.4) is 0 Å². The molecule has 8 heteroatoms. The molecule has 1 aromatic rings. The van der Waals surface area contributed by atoms with Gasteiger partial charge in [-0.25, -0.2) is 0 Å². The summed E-state index contributed by atoms with van der Waals surface area (Å²) < 4.78 is 27.4. The van der Waals surface area contributed by atoms with E-state index < -0.39 is 33.3 Å². The fourth-order valence-corrected chi connectivity index (χ4v) is 11.8. The van der Waals surface area contributed by atoms with Crippen molar-refractivity contribution in [2.45, 2.75) is 135 Å². The van der Waals surface area contributed by atoms with Crippen molar-refractivity contribution < 1.29 is 17.7 Å². The quantitative estimate of drug-likeness (QED) is 0.282. The van der Waals surface area contributed by atoms with Gasteiger partial charge in [0.05, 0.1) is 18.3 Å². The molecule has 4 nitrogen and oxygen atoms in total. The van der Waals surface area contributed by atoms with Crippen molar-refractivity contribution in [1.82, 2.24) is 0 Å². The first-order chi connectivity index (χ1) is 17.2. The molecule has 4 rings (SSSR count). The summed E-state index contributed by atoms with van der Waals surface area (Å²) in [6.45, 7) is 30.4. The molecule has 3 aliphatic carbocycles. The SMILES string of the molecule is C[C@]12CC[C@@H]3c4ccc(O[Si](C)(C)C)cc4[C@@H](O[Si](C)(C)C)C[C@H]3[C@@H]1C[C@@H](O[Si](C)(C)C)[C@@H]2O[Si](C)(C)C. The summed E-state index contributed by atoms with van der Waals surface area (Å²) in [5, 5.41) is 0. The molecule has 0 radical (unpaired) electrons. The van der Waals surface area contributed by atoms with Gasteiger partial charge in [-0.3, -0.25) is 0 Å². The molecule has 0 aliphatic heterocycles. The van der Waals surface area contributed by atoms with Crippen LogP contribution in [0.5, 0.6) is 5.75 Å². The van der Waals surface area contributed by atoms with Crippen molar-refractivity contribution in [2.75, 3.05) is 0 Å². The Bertz CT molecular complexity index is 1000. The number of hydrogen-bond acceptors (Lipinski definition) is 4. The molecule has 0 saturated heterocycles. The normalized spacial score (nSPS) is 33.9. The van der Waals surface area contributed by atoms with Gasteiger partial charge in [-0.1, -0.05) is 13.0 Å². The predicted molar refractivity (Wildman–Crippen MR) is 170 cm³/mol. The van der Waals surface area contributed by atoms with Crippen molar-refractivity contribution in [2.24, 2.45) is 17.3 Å². The highest BCUT2D eigenvalue weighted by atomic mass is 28.4. The van der Waals surface area contributed by atoms with Gasteiger partial charge in [0.25, 0.3) is 0 Å². The number of hydrogen-bond donors (Lipinski definition) is 0. The zero-order valence-electron chi connectivity index (χ0n) is 26.7. The van der Waals surface area contributed by atoms with E-state index in [4.69, 9.17) is 17.7 Å². The Kier molecular flexibility index (Phi) is 8.28. The first kappa shape index (κ1) is 30.7. The van der Waals surface area contributed by atoms with Gasteiger partial charge in [0, 0.05) is 0 Å². The zero-order valence-corrected chi connectivity index (χ0v) is 30.7. The van der Waals surface area contributed by atoms with E-state index in [-0.39, 0.29) is 23.7 Å². The van der Waals surface area contributed by atoms with E-state index in [0.29, 0.717) is 17.8 Å². The van der Waals surface area contributed by atoms with Crippen LogP contribution in [-0.4, -0.2) is 45.5 Å². The van der Waals surface area contributed by atoms with Crippen LogP contribution in [0.2, 0.25) is 78.6 Å². The topological polar surface area (TPSA) is 36.9 Å². The molecule has 3 aliphatic rings. The van der Waals surface area contributed by atoms with E-state index in [1.165, 1.54) is 24.0 Å². The van der Waals surface area contributed by atoms with E-state index >= 15 is 0 Å². The van der Waals surface area contributed by atoms with Gasteiger partial charge < -0.3 is 17.7 Å². The third-order valence-electron chi connectivity index (χ3n) is 8.54. The minimum absolute atomic E-state index is 0.152. The molecule has 0 spiro atoms. The average molecular weight is 593 g/mol. The smallest absolute Gasteiger partial charge is 0.242 e. The van der Waals surface area contributed by atoms with Gasteiger partial charge in [-0.05, 0) is 151 Å². The molecular formula is C30H56O4Si4. The monoisotopic (exact) mass is 592 g/mol. The second kappa shape index (κ2) is 10.2. The molecule has 216 valence electrons. The van der Waals surface area contributed by atoms with Gasteiger partial charge >= 0.3 is 0 Å². The molecule has 7 atom stereocenters. The van der Waals surface area contributed by atoms with Crippen molar-refractivity contribution in [3.63, 3.8) is 0 Å².